The molecule has 1 aliphatic rings. The summed E-state index contributed by atoms with van der Waals surface area (Å²) in [5, 5.41) is 18.6. The van der Waals surface area contributed by atoms with Crippen molar-refractivity contribution in [1.29, 1.82) is 0 Å². The normalized spacial score (nSPS) is 19.3. The third kappa shape index (κ3) is 3.26. The maximum absolute atomic E-state index is 10.2. The second kappa shape index (κ2) is 6.13. The van der Waals surface area contributed by atoms with Crippen LogP contribution in [0.25, 0.3) is 0 Å². The number of fused-ring (bicyclic) bond motifs is 1. The van der Waals surface area contributed by atoms with Crippen LogP contribution in [-0.4, -0.2) is 32.5 Å². The van der Waals surface area contributed by atoms with Gasteiger partial charge in [0.1, 0.15) is 11.6 Å². The van der Waals surface area contributed by atoms with Crippen LogP contribution in [0, 0.1) is 6.92 Å². The Kier molecular flexibility index (Phi) is 4.24. The molecule has 21 heavy (non-hydrogen) atoms. The first-order valence-corrected chi connectivity index (χ1v) is 7.57. The highest BCUT2D eigenvalue weighted by atomic mass is 35.5. The van der Waals surface area contributed by atoms with Gasteiger partial charge in [0, 0.05) is 29.6 Å². The molecule has 2 unspecified atom stereocenters. The minimum atomic E-state index is -0.599. The monoisotopic (exact) mass is 306 g/mol. The van der Waals surface area contributed by atoms with Crippen LogP contribution >= 0.6 is 11.6 Å². The molecule has 6 heteroatoms. The first kappa shape index (κ1) is 14.5. The number of aromatic nitrogens is 3. The Balaban J connectivity index is 1.58. The van der Waals surface area contributed by atoms with E-state index in [9.17, 15) is 5.11 Å². The van der Waals surface area contributed by atoms with E-state index in [1.54, 1.807) is 6.07 Å². The van der Waals surface area contributed by atoms with Crippen LogP contribution in [0.2, 0.25) is 5.02 Å². The molecule has 3 rings (SSSR count). The van der Waals surface area contributed by atoms with E-state index >= 15 is 0 Å². The summed E-state index contributed by atoms with van der Waals surface area (Å²) < 4.78 is 1.96. The molecule has 0 fully saturated rings. The molecule has 2 atom stereocenters. The van der Waals surface area contributed by atoms with E-state index in [0.717, 1.165) is 36.6 Å². The molecule has 0 saturated heterocycles. The largest absolute Gasteiger partial charge is 0.387 e. The molecular formula is C15H19ClN4O. The maximum Gasteiger partial charge on any atom is 0.147 e. The Hall–Kier alpha value is -1.43. The first-order valence-electron chi connectivity index (χ1n) is 7.19. The second-order valence-corrected chi connectivity index (χ2v) is 5.85. The van der Waals surface area contributed by atoms with Gasteiger partial charge in [-0.25, -0.2) is 9.67 Å². The topological polar surface area (TPSA) is 63.0 Å². The Morgan fingerprint density at radius 2 is 2.29 bits per heavy atom. The highest BCUT2D eigenvalue weighted by molar-refractivity contribution is 6.31. The van der Waals surface area contributed by atoms with Gasteiger partial charge in [0.25, 0.3) is 0 Å². The standard InChI is InChI=1S/C15H19ClN4O/c1-10-18-15-7-6-11(9-20(15)19-10)17-8-14(21)12-4-2-3-5-13(12)16/h2-5,11,14,17,21H,6-9H2,1H3. The molecule has 0 amide bonds. The Labute approximate surface area is 129 Å². The molecule has 2 heterocycles. The average Bonchev–Trinajstić information content (AvgIpc) is 2.84. The fourth-order valence-corrected chi connectivity index (χ4v) is 3.00. The number of aliphatic hydroxyl groups excluding tert-OH is 1. The van der Waals surface area contributed by atoms with Crippen LogP contribution in [0.4, 0.5) is 0 Å². The van der Waals surface area contributed by atoms with Gasteiger partial charge in [0.15, 0.2) is 0 Å². The summed E-state index contributed by atoms with van der Waals surface area (Å²) in [6.45, 7) is 3.19. The molecule has 0 spiro atoms. The fourth-order valence-electron chi connectivity index (χ4n) is 2.73. The first-order chi connectivity index (χ1) is 10.1. The molecule has 0 saturated carbocycles. The molecule has 0 radical (unpaired) electrons. The minimum Gasteiger partial charge on any atom is -0.387 e. The zero-order chi connectivity index (χ0) is 14.8. The molecule has 1 aromatic carbocycles. The SMILES string of the molecule is Cc1nc2n(n1)CC(NCC(O)c1ccccc1Cl)CC2. The van der Waals surface area contributed by atoms with Crippen LogP contribution in [-0.2, 0) is 13.0 Å². The average molecular weight is 307 g/mol. The van der Waals surface area contributed by atoms with E-state index in [4.69, 9.17) is 11.6 Å². The van der Waals surface area contributed by atoms with E-state index in [-0.39, 0.29) is 0 Å². The third-order valence-electron chi connectivity index (χ3n) is 3.83. The van der Waals surface area contributed by atoms with Crippen molar-refractivity contribution in [2.24, 2.45) is 0 Å². The quantitative estimate of drug-likeness (QED) is 0.905. The summed E-state index contributed by atoms with van der Waals surface area (Å²) in [6, 6.07) is 7.70. The lowest BCUT2D eigenvalue weighted by molar-refractivity contribution is 0.165. The molecule has 112 valence electrons. The highest BCUT2D eigenvalue weighted by Gasteiger charge is 2.21. The molecule has 0 aliphatic carbocycles. The van der Waals surface area contributed by atoms with Crippen molar-refractivity contribution in [3.63, 3.8) is 0 Å². The van der Waals surface area contributed by atoms with E-state index in [1.807, 2.05) is 29.8 Å². The molecule has 5 nitrogen and oxygen atoms in total. The number of hydrogen-bond acceptors (Lipinski definition) is 4. The lowest BCUT2D eigenvalue weighted by atomic mass is 10.1. The predicted molar refractivity (Wildman–Crippen MR) is 81.3 cm³/mol. The lowest BCUT2D eigenvalue weighted by Crippen LogP contribution is -2.39. The van der Waals surface area contributed by atoms with E-state index in [0.29, 0.717) is 17.6 Å². The molecule has 2 aromatic rings. The van der Waals surface area contributed by atoms with E-state index in [1.165, 1.54) is 0 Å². The van der Waals surface area contributed by atoms with Gasteiger partial charge in [-0.1, -0.05) is 29.8 Å². The number of rotatable bonds is 4. The molecule has 0 bridgehead atoms. The van der Waals surface area contributed by atoms with E-state index in [2.05, 4.69) is 15.4 Å². The van der Waals surface area contributed by atoms with Gasteiger partial charge in [0.2, 0.25) is 0 Å². The van der Waals surface area contributed by atoms with Gasteiger partial charge in [-0.2, -0.15) is 5.10 Å². The smallest absolute Gasteiger partial charge is 0.147 e. The fraction of sp³-hybridized carbons (Fsp3) is 0.467. The molecule has 1 aromatic heterocycles. The lowest BCUT2D eigenvalue weighted by Gasteiger charge is -2.25. The van der Waals surface area contributed by atoms with Crippen LogP contribution in [0.3, 0.4) is 0 Å². The van der Waals surface area contributed by atoms with Crippen molar-refractivity contribution in [2.75, 3.05) is 6.54 Å². The maximum atomic E-state index is 10.2. The summed E-state index contributed by atoms with van der Waals surface area (Å²) >= 11 is 6.10. The van der Waals surface area contributed by atoms with Gasteiger partial charge in [-0.05, 0) is 19.4 Å². The van der Waals surface area contributed by atoms with Gasteiger partial charge >= 0.3 is 0 Å². The summed E-state index contributed by atoms with van der Waals surface area (Å²) in [7, 11) is 0. The third-order valence-corrected chi connectivity index (χ3v) is 4.17. The number of benzene rings is 1. The highest BCUT2D eigenvalue weighted by Crippen LogP contribution is 2.22. The van der Waals surface area contributed by atoms with Crippen molar-refractivity contribution >= 4 is 11.6 Å². The van der Waals surface area contributed by atoms with Gasteiger partial charge < -0.3 is 10.4 Å². The van der Waals surface area contributed by atoms with Crippen molar-refractivity contribution in [3.8, 4) is 0 Å². The Bertz CT molecular complexity index is 628. The molecular weight excluding hydrogens is 288 g/mol. The van der Waals surface area contributed by atoms with Crippen LogP contribution in [0.15, 0.2) is 24.3 Å². The number of nitrogens with zero attached hydrogens (tertiary/aromatic N) is 3. The molecule has 1 aliphatic heterocycles. The summed E-state index contributed by atoms with van der Waals surface area (Å²) in [5.74, 6) is 1.87. The Morgan fingerprint density at radius 3 is 3.10 bits per heavy atom. The number of aryl methyl sites for hydroxylation is 2. The number of halogens is 1. The Morgan fingerprint density at radius 1 is 1.48 bits per heavy atom. The predicted octanol–water partition coefficient (Wildman–Crippen LogP) is 1.88. The second-order valence-electron chi connectivity index (χ2n) is 5.44. The number of nitrogens with one attached hydrogen (secondary N) is 1. The summed E-state index contributed by atoms with van der Waals surface area (Å²) in [6.07, 6.45) is 1.33. The van der Waals surface area contributed by atoms with Crippen LogP contribution in [0.5, 0.6) is 0 Å². The van der Waals surface area contributed by atoms with E-state index < -0.39 is 6.10 Å². The van der Waals surface area contributed by atoms with Crippen molar-refractivity contribution in [3.05, 3.63) is 46.5 Å². The van der Waals surface area contributed by atoms with Gasteiger partial charge in [-0.3, -0.25) is 0 Å². The van der Waals surface area contributed by atoms with Gasteiger partial charge in [0.05, 0.1) is 12.6 Å². The van der Waals surface area contributed by atoms with Crippen LogP contribution in [0.1, 0.15) is 29.7 Å². The van der Waals surface area contributed by atoms with Crippen molar-refractivity contribution in [2.45, 2.75) is 38.5 Å². The number of hydrogen-bond donors (Lipinski definition) is 2. The summed E-state index contributed by atoms with van der Waals surface area (Å²) in [5.41, 5.74) is 0.764. The van der Waals surface area contributed by atoms with Crippen LogP contribution < -0.4 is 5.32 Å². The summed E-state index contributed by atoms with van der Waals surface area (Å²) in [4.78, 5) is 4.40. The number of aliphatic hydroxyl groups is 1. The van der Waals surface area contributed by atoms with Crippen molar-refractivity contribution < 1.29 is 5.11 Å². The van der Waals surface area contributed by atoms with Gasteiger partial charge in [-0.15, -0.1) is 0 Å². The van der Waals surface area contributed by atoms with Crippen molar-refractivity contribution in [1.82, 2.24) is 20.1 Å². The zero-order valence-electron chi connectivity index (χ0n) is 12.0. The minimum absolute atomic E-state index is 0.302. The molecule has 2 N–H and O–H groups in total. The zero-order valence-corrected chi connectivity index (χ0v) is 12.7.